The Morgan fingerprint density at radius 2 is 1.86 bits per heavy atom. The van der Waals surface area contributed by atoms with Crippen molar-refractivity contribution in [3.8, 4) is 5.75 Å². The molecule has 0 amide bonds. The molecular formula is C9H15NO4. The quantitative estimate of drug-likeness (QED) is 0.623. The molecule has 0 heterocycles. The van der Waals surface area contributed by atoms with E-state index in [1.165, 1.54) is 24.3 Å². The molecule has 0 bridgehead atoms. The SMILES string of the molecule is CCO.O=C(O)c1ccccc1[O-].[NH4+]. The summed E-state index contributed by atoms with van der Waals surface area (Å²) in [7, 11) is 0. The minimum atomic E-state index is -1.18. The Labute approximate surface area is 82.2 Å². The highest BCUT2D eigenvalue weighted by molar-refractivity contribution is 5.90. The van der Waals surface area contributed by atoms with Gasteiger partial charge in [-0.05, 0) is 13.0 Å². The molecule has 0 aliphatic heterocycles. The normalized spacial score (nSPS) is 7.86. The summed E-state index contributed by atoms with van der Waals surface area (Å²) in [4.78, 5) is 10.2. The summed E-state index contributed by atoms with van der Waals surface area (Å²) < 4.78 is 0. The van der Waals surface area contributed by atoms with Crippen LogP contribution in [-0.2, 0) is 0 Å². The molecule has 0 fully saturated rings. The molecule has 14 heavy (non-hydrogen) atoms. The highest BCUT2D eigenvalue weighted by atomic mass is 16.4. The van der Waals surface area contributed by atoms with Crippen molar-refractivity contribution in [3.63, 3.8) is 0 Å². The Hall–Kier alpha value is -1.59. The van der Waals surface area contributed by atoms with Crippen molar-refractivity contribution < 1.29 is 20.1 Å². The van der Waals surface area contributed by atoms with Crippen LogP contribution in [0.15, 0.2) is 24.3 Å². The van der Waals surface area contributed by atoms with Crippen molar-refractivity contribution in [3.05, 3.63) is 29.8 Å². The Bertz CT molecular complexity index is 275. The van der Waals surface area contributed by atoms with Gasteiger partial charge in [-0.2, -0.15) is 0 Å². The summed E-state index contributed by atoms with van der Waals surface area (Å²) in [5, 5.41) is 26.6. The van der Waals surface area contributed by atoms with Gasteiger partial charge in [0.25, 0.3) is 0 Å². The molecule has 80 valence electrons. The summed E-state index contributed by atoms with van der Waals surface area (Å²) in [5.41, 5.74) is -0.178. The fourth-order valence-electron chi connectivity index (χ4n) is 0.643. The molecule has 0 unspecified atom stereocenters. The molecule has 0 atom stereocenters. The largest absolute Gasteiger partial charge is 0.872 e. The summed E-state index contributed by atoms with van der Waals surface area (Å²) in [6.45, 7) is 1.93. The molecule has 0 aliphatic rings. The van der Waals surface area contributed by atoms with E-state index in [0.29, 0.717) is 0 Å². The molecular weight excluding hydrogens is 186 g/mol. The molecule has 0 radical (unpaired) electrons. The monoisotopic (exact) mass is 201 g/mol. The van der Waals surface area contributed by atoms with Crippen LogP contribution >= 0.6 is 0 Å². The van der Waals surface area contributed by atoms with Crippen LogP contribution in [0.3, 0.4) is 0 Å². The van der Waals surface area contributed by atoms with Crippen LogP contribution in [0, 0.1) is 0 Å². The van der Waals surface area contributed by atoms with Gasteiger partial charge < -0.3 is 21.5 Å². The van der Waals surface area contributed by atoms with E-state index in [0.717, 1.165) is 0 Å². The number of aliphatic hydroxyl groups excluding tert-OH is 1. The van der Waals surface area contributed by atoms with E-state index in [1.54, 1.807) is 6.92 Å². The van der Waals surface area contributed by atoms with Gasteiger partial charge in [0.2, 0.25) is 0 Å². The fourth-order valence-corrected chi connectivity index (χ4v) is 0.643. The van der Waals surface area contributed by atoms with E-state index >= 15 is 0 Å². The lowest BCUT2D eigenvalue weighted by Crippen LogP contribution is -2.02. The van der Waals surface area contributed by atoms with Crippen LogP contribution in [0.2, 0.25) is 0 Å². The number of carbonyl (C=O) groups is 1. The Morgan fingerprint density at radius 3 is 2.14 bits per heavy atom. The highest BCUT2D eigenvalue weighted by Gasteiger charge is 1.99. The summed E-state index contributed by atoms with van der Waals surface area (Å²) in [6, 6.07) is 5.54. The van der Waals surface area contributed by atoms with Gasteiger partial charge in [0, 0.05) is 6.61 Å². The second-order valence-electron chi connectivity index (χ2n) is 2.12. The smallest absolute Gasteiger partial charge is 0.335 e. The van der Waals surface area contributed by atoms with Crippen LogP contribution in [0.4, 0.5) is 0 Å². The highest BCUT2D eigenvalue weighted by Crippen LogP contribution is 2.10. The van der Waals surface area contributed by atoms with Gasteiger partial charge in [-0.25, -0.2) is 4.79 Å². The molecule has 0 saturated heterocycles. The maximum absolute atomic E-state index is 10.7. The summed E-state index contributed by atoms with van der Waals surface area (Å²) in [6.07, 6.45) is 0. The molecule has 1 rings (SSSR count). The van der Waals surface area contributed by atoms with E-state index in [1.807, 2.05) is 0 Å². The number of aliphatic hydroxyl groups is 1. The predicted molar refractivity (Wildman–Crippen MR) is 51.6 cm³/mol. The number of hydrogen-bond donors (Lipinski definition) is 3. The van der Waals surface area contributed by atoms with E-state index in [4.69, 9.17) is 10.2 Å². The number of hydrogen-bond acceptors (Lipinski definition) is 3. The lowest BCUT2D eigenvalue weighted by molar-refractivity contribution is -0.268. The first-order valence-corrected chi connectivity index (χ1v) is 3.73. The lowest BCUT2D eigenvalue weighted by atomic mass is 10.2. The number of quaternary nitrogens is 1. The first-order chi connectivity index (χ1) is 6.13. The average Bonchev–Trinajstić information content (AvgIpc) is 2.06. The zero-order valence-corrected chi connectivity index (χ0v) is 8.23. The van der Waals surface area contributed by atoms with Crippen LogP contribution in [-0.4, -0.2) is 22.8 Å². The van der Waals surface area contributed by atoms with E-state index in [2.05, 4.69) is 0 Å². The van der Waals surface area contributed by atoms with Crippen molar-refractivity contribution in [2.75, 3.05) is 6.61 Å². The minimum Gasteiger partial charge on any atom is -0.872 e. The standard InChI is InChI=1S/C7H6O3.C2H6O.H3N/c8-6-4-2-1-3-5(6)7(9)10;1-2-3;/h1-4,8H,(H,9,10);3H,2H2,1H3;1H3. The zero-order chi connectivity index (χ0) is 10.3. The average molecular weight is 201 g/mol. The Morgan fingerprint density at radius 1 is 1.43 bits per heavy atom. The lowest BCUT2D eigenvalue weighted by Gasteiger charge is -2.07. The minimum absolute atomic E-state index is 0. The third-order valence-corrected chi connectivity index (χ3v) is 1.12. The molecule has 1 aromatic rings. The van der Waals surface area contributed by atoms with E-state index in [9.17, 15) is 9.90 Å². The van der Waals surface area contributed by atoms with Crippen molar-refractivity contribution in [1.29, 1.82) is 0 Å². The van der Waals surface area contributed by atoms with Gasteiger partial charge >= 0.3 is 5.97 Å². The summed E-state index contributed by atoms with van der Waals surface area (Å²) in [5.74, 6) is -1.62. The Balaban J connectivity index is 0. The number of carboxylic acid groups (broad SMARTS) is 1. The van der Waals surface area contributed by atoms with Crippen LogP contribution in [0.25, 0.3) is 0 Å². The third-order valence-electron chi connectivity index (χ3n) is 1.12. The molecule has 0 aromatic heterocycles. The van der Waals surface area contributed by atoms with Crippen molar-refractivity contribution in [2.45, 2.75) is 6.92 Å². The molecule has 1 aromatic carbocycles. The van der Waals surface area contributed by atoms with Crippen LogP contribution in [0.5, 0.6) is 5.75 Å². The molecule has 5 heteroatoms. The number of benzene rings is 1. The van der Waals surface area contributed by atoms with Crippen molar-refractivity contribution in [1.82, 2.24) is 6.15 Å². The summed E-state index contributed by atoms with van der Waals surface area (Å²) >= 11 is 0. The molecule has 6 N–H and O–H groups in total. The molecule has 0 aliphatic carbocycles. The topological polar surface area (TPSA) is 117 Å². The van der Waals surface area contributed by atoms with Gasteiger partial charge in [-0.15, -0.1) is 0 Å². The second kappa shape index (κ2) is 8.03. The molecule has 5 nitrogen and oxygen atoms in total. The van der Waals surface area contributed by atoms with E-state index < -0.39 is 11.7 Å². The first kappa shape index (κ1) is 14.9. The van der Waals surface area contributed by atoms with Gasteiger partial charge in [0.1, 0.15) is 0 Å². The number of rotatable bonds is 1. The Kier molecular flexibility index (Phi) is 8.55. The van der Waals surface area contributed by atoms with Crippen molar-refractivity contribution >= 4 is 5.97 Å². The van der Waals surface area contributed by atoms with Gasteiger partial charge in [0.05, 0.1) is 5.56 Å². The first-order valence-electron chi connectivity index (χ1n) is 3.73. The maximum Gasteiger partial charge on any atom is 0.335 e. The molecule has 0 saturated carbocycles. The zero-order valence-electron chi connectivity index (χ0n) is 8.23. The maximum atomic E-state index is 10.7. The van der Waals surface area contributed by atoms with Crippen molar-refractivity contribution in [2.24, 2.45) is 0 Å². The van der Waals surface area contributed by atoms with Crippen LogP contribution in [0.1, 0.15) is 17.3 Å². The van der Waals surface area contributed by atoms with Gasteiger partial charge in [0.15, 0.2) is 0 Å². The third kappa shape index (κ3) is 5.13. The predicted octanol–water partition coefficient (Wildman–Crippen LogP) is 0.833. The fraction of sp³-hybridized carbons (Fsp3) is 0.222. The van der Waals surface area contributed by atoms with Gasteiger partial charge in [-0.1, -0.05) is 23.9 Å². The second-order valence-corrected chi connectivity index (χ2v) is 2.12. The number of carboxylic acids is 1. The van der Waals surface area contributed by atoms with Gasteiger partial charge in [-0.3, -0.25) is 0 Å². The van der Waals surface area contributed by atoms with E-state index in [-0.39, 0.29) is 18.3 Å². The number of para-hydroxylation sites is 1. The molecule has 0 spiro atoms. The van der Waals surface area contributed by atoms with Crippen LogP contribution < -0.4 is 11.3 Å². The number of aromatic carboxylic acids is 1.